The number of rotatable bonds is 2. The molecule has 0 spiro atoms. The predicted octanol–water partition coefficient (Wildman–Crippen LogP) is 2.78. The molecule has 0 bridgehead atoms. The molecule has 0 amide bonds. The highest BCUT2D eigenvalue weighted by molar-refractivity contribution is 9.10. The number of hydrogen-bond donors (Lipinski definition) is 1. The number of fused-ring (bicyclic) bond motifs is 1. The molecule has 0 saturated carbocycles. The number of benzene rings is 1. The van der Waals surface area contributed by atoms with Crippen LogP contribution in [0, 0.1) is 0 Å². The molecule has 0 saturated heterocycles. The molecule has 4 nitrogen and oxygen atoms in total. The lowest BCUT2D eigenvalue weighted by Crippen LogP contribution is -2.19. The first kappa shape index (κ1) is 13.6. The van der Waals surface area contributed by atoms with E-state index in [1.54, 1.807) is 34.6 Å². The van der Waals surface area contributed by atoms with Gasteiger partial charge in [0.2, 0.25) is 0 Å². The van der Waals surface area contributed by atoms with E-state index in [2.05, 4.69) is 15.9 Å². The summed E-state index contributed by atoms with van der Waals surface area (Å²) in [6.45, 7) is 0. The zero-order valence-electron chi connectivity index (χ0n) is 11.0. The highest BCUT2D eigenvalue weighted by Gasteiger charge is 2.18. The second-order valence-corrected chi connectivity index (χ2v) is 6.36. The fraction of sp³-hybridized carbons (Fsp3) is 0.214. The zero-order chi connectivity index (χ0) is 14.4. The lowest BCUT2D eigenvalue weighted by Gasteiger charge is -2.12. The Morgan fingerprint density at radius 2 is 1.90 bits per heavy atom. The van der Waals surface area contributed by atoms with Crippen LogP contribution in [0.5, 0.6) is 0 Å². The van der Waals surface area contributed by atoms with Gasteiger partial charge in [0.25, 0.3) is 0 Å². The van der Waals surface area contributed by atoms with Crippen LogP contribution < -0.4 is 5.69 Å². The fourth-order valence-corrected chi connectivity index (χ4v) is 3.58. The summed E-state index contributed by atoms with van der Waals surface area (Å²) < 4.78 is 3.98. The minimum absolute atomic E-state index is 0.0749. The molecule has 0 radical (unpaired) electrons. The molecule has 2 aromatic heterocycles. The summed E-state index contributed by atoms with van der Waals surface area (Å²) in [6.07, 6.45) is -0.699. The van der Waals surface area contributed by atoms with Gasteiger partial charge < -0.3 is 5.11 Å². The average Bonchev–Trinajstić information content (AvgIpc) is 3.03. The molecule has 0 aliphatic rings. The number of imidazole rings is 1. The maximum absolute atomic E-state index is 12.0. The lowest BCUT2D eigenvalue weighted by molar-refractivity contribution is 0.220. The van der Waals surface area contributed by atoms with E-state index in [1.165, 1.54) is 0 Å². The van der Waals surface area contributed by atoms with E-state index in [-0.39, 0.29) is 5.69 Å². The summed E-state index contributed by atoms with van der Waals surface area (Å²) in [4.78, 5) is 12.0. The van der Waals surface area contributed by atoms with Gasteiger partial charge in [0.1, 0.15) is 6.10 Å². The molecule has 1 aromatic carbocycles. The van der Waals surface area contributed by atoms with E-state index in [9.17, 15) is 9.90 Å². The quantitative estimate of drug-likeness (QED) is 0.770. The molecule has 1 unspecified atom stereocenters. The molecule has 6 heteroatoms. The monoisotopic (exact) mass is 352 g/mol. The van der Waals surface area contributed by atoms with Crippen molar-refractivity contribution in [2.24, 2.45) is 14.1 Å². The summed E-state index contributed by atoms with van der Waals surface area (Å²) >= 11 is 5.04. The Bertz CT molecular complexity index is 833. The van der Waals surface area contributed by atoms with Crippen LogP contribution in [-0.4, -0.2) is 14.2 Å². The predicted molar refractivity (Wildman–Crippen MR) is 84.2 cm³/mol. The van der Waals surface area contributed by atoms with Gasteiger partial charge >= 0.3 is 5.69 Å². The Morgan fingerprint density at radius 1 is 1.25 bits per heavy atom. The molecule has 1 atom stereocenters. The van der Waals surface area contributed by atoms with E-state index in [1.807, 2.05) is 29.0 Å². The molecular formula is C14H13BrN2O2S. The van der Waals surface area contributed by atoms with Gasteiger partial charge in [-0.1, -0.05) is 15.9 Å². The van der Waals surface area contributed by atoms with Crippen molar-refractivity contribution < 1.29 is 5.11 Å². The number of aliphatic hydroxyl groups excluding tert-OH is 1. The van der Waals surface area contributed by atoms with Crippen molar-refractivity contribution >= 4 is 38.3 Å². The first-order valence-corrected chi connectivity index (χ1v) is 7.79. The van der Waals surface area contributed by atoms with Crippen LogP contribution in [0.3, 0.4) is 0 Å². The van der Waals surface area contributed by atoms with Crippen LogP contribution in [0.15, 0.2) is 38.2 Å². The normalized spacial score (nSPS) is 13.0. The molecule has 20 heavy (non-hydrogen) atoms. The maximum atomic E-state index is 12.0. The third-order valence-electron chi connectivity index (χ3n) is 3.54. The highest BCUT2D eigenvalue weighted by atomic mass is 79.9. The lowest BCUT2D eigenvalue weighted by atomic mass is 10.0. The number of aliphatic hydroxyl groups is 1. The van der Waals surface area contributed by atoms with Crippen LogP contribution >= 0.6 is 27.3 Å². The topological polar surface area (TPSA) is 47.2 Å². The van der Waals surface area contributed by atoms with Gasteiger partial charge in [0, 0.05) is 24.1 Å². The van der Waals surface area contributed by atoms with E-state index in [0.29, 0.717) is 0 Å². The Kier molecular flexibility index (Phi) is 3.32. The molecule has 2 heterocycles. The Morgan fingerprint density at radius 3 is 2.50 bits per heavy atom. The van der Waals surface area contributed by atoms with E-state index in [4.69, 9.17) is 0 Å². The second-order valence-electron chi connectivity index (χ2n) is 4.72. The SMILES string of the molecule is Cn1c(=O)n(C)c2cc(C(O)c3ccsc3)c(Br)cc21. The number of aromatic nitrogens is 2. The summed E-state index contributed by atoms with van der Waals surface area (Å²) in [7, 11) is 3.48. The van der Waals surface area contributed by atoms with Gasteiger partial charge in [0.05, 0.1) is 11.0 Å². The van der Waals surface area contributed by atoms with Crippen molar-refractivity contribution in [2.75, 3.05) is 0 Å². The van der Waals surface area contributed by atoms with Gasteiger partial charge in [-0.05, 0) is 34.5 Å². The highest BCUT2D eigenvalue weighted by Crippen LogP contribution is 2.32. The Balaban J connectivity index is 2.25. The summed E-state index contributed by atoms with van der Waals surface area (Å²) in [5, 5.41) is 14.3. The summed E-state index contributed by atoms with van der Waals surface area (Å²) in [5.41, 5.74) is 3.19. The number of halogens is 1. The number of thiophene rings is 1. The summed E-state index contributed by atoms with van der Waals surface area (Å²) in [5.74, 6) is 0. The molecule has 0 fully saturated rings. The van der Waals surface area contributed by atoms with E-state index >= 15 is 0 Å². The van der Waals surface area contributed by atoms with Crippen molar-refractivity contribution in [3.8, 4) is 0 Å². The van der Waals surface area contributed by atoms with Crippen molar-refractivity contribution in [1.29, 1.82) is 0 Å². The van der Waals surface area contributed by atoms with E-state index < -0.39 is 6.10 Å². The third kappa shape index (κ3) is 1.95. The van der Waals surface area contributed by atoms with Gasteiger partial charge in [-0.3, -0.25) is 9.13 Å². The van der Waals surface area contributed by atoms with Crippen LogP contribution in [0.2, 0.25) is 0 Å². The van der Waals surface area contributed by atoms with E-state index in [0.717, 1.165) is 26.6 Å². The van der Waals surface area contributed by atoms with Gasteiger partial charge in [-0.15, -0.1) is 0 Å². The maximum Gasteiger partial charge on any atom is 0.328 e. The minimum Gasteiger partial charge on any atom is -0.384 e. The van der Waals surface area contributed by atoms with Gasteiger partial charge in [-0.25, -0.2) is 4.79 Å². The van der Waals surface area contributed by atoms with Crippen LogP contribution in [-0.2, 0) is 14.1 Å². The molecule has 1 N–H and O–H groups in total. The Hall–Kier alpha value is -1.37. The zero-order valence-corrected chi connectivity index (χ0v) is 13.4. The van der Waals surface area contributed by atoms with Crippen molar-refractivity contribution in [1.82, 2.24) is 9.13 Å². The first-order chi connectivity index (χ1) is 9.50. The van der Waals surface area contributed by atoms with Gasteiger partial charge in [0.15, 0.2) is 0 Å². The molecule has 0 aliphatic heterocycles. The molecule has 0 aliphatic carbocycles. The fourth-order valence-electron chi connectivity index (χ4n) is 2.36. The number of aryl methyl sites for hydroxylation is 2. The third-order valence-corrected chi connectivity index (χ3v) is 4.93. The molecule has 3 rings (SSSR count). The van der Waals surface area contributed by atoms with Crippen molar-refractivity contribution in [2.45, 2.75) is 6.10 Å². The first-order valence-electron chi connectivity index (χ1n) is 6.05. The second kappa shape index (κ2) is 4.87. The molecule has 3 aromatic rings. The average molecular weight is 353 g/mol. The largest absolute Gasteiger partial charge is 0.384 e. The van der Waals surface area contributed by atoms with Crippen molar-refractivity contribution in [3.05, 3.63) is 55.0 Å². The van der Waals surface area contributed by atoms with Crippen LogP contribution in [0.4, 0.5) is 0 Å². The van der Waals surface area contributed by atoms with Crippen LogP contribution in [0.25, 0.3) is 11.0 Å². The molecular weight excluding hydrogens is 340 g/mol. The minimum atomic E-state index is -0.699. The number of hydrogen-bond acceptors (Lipinski definition) is 3. The van der Waals surface area contributed by atoms with Crippen molar-refractivity contribution in [3.63, 3.8) is 0 Å². The summed E-state index contributed by atoms with van der Waals surface area (Å²) in [6, 6.07) is 5.64. The van der Waals surface area contributed by atoms with Gasteiger partial charge in [-0.2, -0.15) is 11.3 Å². The Labute approximate surface area is 128 Å². The van der Waals surface area contributed by atoms with Crippen LogP contribution in [0.1, 0.15) is 17.2 Å². The number of nitrogens with zero attached hydrogens (tertiary/aromatic N) is 2. The smallest absolute Gasteiger partial charge is 0.328 e. The standard InChI is InChI=1S/C14H13BrN2O2S/c1-16-11-5-9(13(18)8-3-4-20-7-8)10(15)6-12(11)17(2)14(16)19/h3-7,13,18H,1-2H3. The molecule has 104 valence electrons.